The van der Waals surface area contributed by atoms with Crippen LogP contribution in [-0.4, -0.2) is 47.7 Å². The van der Waals surface area contributed by atoms with E-state index in [1.807, 2.05) is 22.7 Å². The van der Waals surface area contributed by atoms with E-state index in [0.717, 1.165) is 52.7 Å². The first-order chi connectivity index (χ1) is 14.6. The molecule has 0 aliphatic carbocycles. The Bertz CT molecular complexity index is 944. The molecule has 2 aromatic carbocycles. The number of amides is 1. The molecule has 0 saturated heterocycles. The van der Waals surface area contributed by atoms with Crippen LogP contribution in [0.3, 0.4) is 0 Å². The maximum atomic E-state index is 13.2. The maximum Gasteiger partial charge on any atom is 0.228 e. The van der Waals surface area contributed by atoms with E-state index in [1.54, 1.807) is 11.3 Å². The van der Waals surface area contributed by atoms with Gasteiger partial charge in [-0.05, 0) is 55.9 Å². The lowest BCUT2D eigenvalue weighted by atomic mass is 10.2. The molecule has 31 heavy (non-hydrogen) atoms. The van der Waals surface area contributed by atoms with Crippen molar-refractivity contribution in [3.8, 4) is 0 Å². The number of carbonyl (C=O) groups is 1. The van der Waals surface area contributed by atoms with Crippen molar-refractivity contribution in [2.75, 3.05) is 36.8 Å². The van der Waals surface area contributed by atoms with E-state index in [-0.39, 0.29) is 18.3 Å². The molecule has 1 aromatic heterocycles. The van der Waals surface area contributed by atoms with E-state index < -0.39 is 0 Å². The number of anilines is 1. The number of likely N-dealkylation sites (N-methyl/N-ethyl adjacent to an activating group) is 1. The summed E-state index contributed by atoms with van der Waals surface area (Å²) in [6, 6.07) is 16.6. The summed E-state index contributed by atoms with van der Waals surface area (Å²) in [6.45, 7) is 9.94. The molecular formula is C24H32ClN3OS2. The van der Waals surface area contributed by atoms with Gasteiger partial charge in [0.2, 0.25) is 5.91 Å². The Hall–Kier alpha value is -1.60. The van der Waals surface area contributed by atoms with Crippen molar-refractivity contribution in [3.63, 3.8) is 0 Å². The zero-order valence-electron chi connectivity index (χ0n) is 18.5. The fourth-order valence-electron chi connectivity index (χ4n) is 3.36. The molecule has 0 aliphatic heterocycles. The van der Waals surface area contributed by atoms with Crippen molar-refractivity contribution in [3.05, 3.63) is 54.1 Å². The molecule has 0 bridgehead atoms. The number of aryl methyl sites for hydroxylation is 1. The van der Waals surface area contributed by atoms with Gasteiger partial charge in [-0.2, -0.15) is 0 Å². The Labute approximate surface area is 200 Å². The number of thioether (sulfide) groups is 1. The monoisotopic (exact) mass is 477 g/mol. The van der Waals surface area contributed by atoms with Crippen LogP contribution in [0.5, 0.6) is 0 Å². The molecule has 4 nitrogen and oxygen atoms in total. The van der Waals surface area contributed by atoms with Crippen LogP contribution in [0.1, 0.15) is 32.3 Å². The average molecular weight is 478 g/mol. The van der Waals surface area contributed by atoms with Gasteiger partial charge in [-0.25, -0.2) is 4.98 Å². The summed E-state index contributed by atoms with van der Waals surface area (Å²) in [7, 11) is 0. The van der Waals surface area contributed by atoms with Gasteiger partial charge in [-0.3, -0.25) is 9.69 Å². The number of rotatable bonds is 11. The largest absolute Gasteiger partial charge is 0.302 e. The number of carbonyl (C=O) groups excluding carboxylic acids is 1. The number of fused-ring (bicyclic) bond motifs is 1. The first kappa shape index (κ1) is 25.7. The molecule has 7 heteroatoms. The third kappa shape index (κ3) is 7.21. The summed E-state index contributed by atoms with van der Waals surface area (Å²) in [5, 5.41) is 0.826. The standard InChI is InChI=1S/C24H31N3OS2.ClH/c1-4-26(5-2)16-17-27(24-25-23-19(3)11-9-14-21(23)30-24)22(28)15-10-18-29-20-12-7-6-8-13-20;/h6-9,11-14H,4-5,10,15-18H2,1-3H3;1H. The van der Waals surface area contributed by atoms with E-state index in [1.165, 1.54) is 4.90 Å². The smallest absolute Gasteiger partial charge is 0.228 e. The minimum atomic E-state index is 0. The number of halogens is 1. The molecule has 1 heterocycles. The second-order valence-corrected chi connectivity index (χ2v) is 9.43. The number of benzene rings is 2. The summed E-state index contributed by atoms with van der Waals surface area (Å²) in [4.78, 5) is 23.5. The summed E-state index contributed by atoms with van der Waals surface area (Å²) in [5.41, 5.74) is 2.17. The molecule has 0 fully saturated rings. The highest BCUT2D eigenvalue weighted by molar-refractivity contribution is 7.99. The number of nitrogens with zero attached hydrogens (tertiary/aromatic N) is 3. The van der Waals surface area contributed by atoms with Gasteiger partial charge in [-0.1, -0.05) is 55.5 Å². The predicted molar refractivity (Wildman–Crippen MR) is 138 cm³/mol. The van der Waals surface area contributed by atoms with Gasteiger partial charge in [0.15, 0.2) is 5.13 Å². The zero-order valence-corrected chi connectivity index (χ0v) is 21.0. The van der Waals surface area contributed by atoms with Gasteiger partial charge in [-0.15, -0.1) is 24.2 Å². The van der Waals surface area contributed by atoms with Crippen LogP contribution in [0.2, 0.25) is 0 Å². The lowest BCUT2D eigenvalue weighted by Gasteiger charge is -2.24. The van der Waals surface area contributed by atoms with E-state index in [2.05, 4.69) is 68.1 Å². The van der Waals surface area contributed by atoms with Crippen LogP contribution < -0.4 is 4.90 Å². The number of hydrogen-bond donors (Lipinski definition) is 0. The second kappa shape index (κ2) is 13.1. The summed E-state index contributed by atoms with van der Waals surface area (Å²) in [5.74, 6) is 1.12. The van der Waals surface area contributed by atoms with Crippen molar-refractivity contribution >= 4 is 56.8 Å². The average Bonchev–Trinajstić information content (AvgIpc) is 3.20. The van der Waals surface area contributed by atoms with E-state index in [4.69, 9.17) is 4.98 Å². The van der Waals surface area contributed by atoms with Gasteiger partial charge in [0.25, 0.3) is 0 Å². The molecule has 0 saturated carbocycles. The van der Waals surface area contributed by atoms with Crippen LogP contribution in [0, 0.1) is 6.92 Å². The lowest BCUT2D eigenvalue weighted by molar-refractivity contribution is -0.118. The molecule has 0 aliphatic rings. The van der Waals surface area contributed by atoms with Crippen molar-refractivity contribution in [1.82, 2.24) is 9.88 Å². The SMILES string of the molecule is CCN(CC)CCN(C(=O)CCCSc1ccccc1)c1nc2c(C)cccc2s1.Cl. The summed E-state index contributed by atoms with van der Waals surface area (Å²) >= 11 is 3.43. The highest BCUT2D eigenvalue weighted by atomic mass is 35.5. The molecule has 0 atom stereocenters. The van der Waals surface area contributed by atoms with Gasteiger partial charge in [0.05, 0.1) is 10.2 Å². The molecule has 168 valence electrons. The first-order valence-corrected chi connectivity index (χ1v) is 12.5. The molecule has 0 unspecified atom stereocenters. The normalized spacial score (nSPS) is 11.0. The molecule has 0 spiro atoms. The molecule has 1 amide bonds. The Balaban J connectivity index is 0.00000341. The number of hydrogen-bond acceptors (Lipinski definition) is 5. The van der Waals surface area contributed by atoms with E-state index in [9.17, 15) is 4.79 Å². The van der Waals surface area contributed by atoms with Crippen molar-refractivity contribution < 1.29 is 4.79 Å². The van der Waals surface area contributed by atoms with Crippen molar-refractivity contribution in [2.24, 2.45) is 0 Å². The Morgan fingerprint density at radius 3 is 2.45 bits per heavy atom. The quantitative estimate of drug-likeness (QED) is 0.241. The number of aromatic nitrogens is 1. The van der Waals surface area contributed by atoms with Gasteiger partial charge in [0, 0.05) is 24.4 Å². The topological polar surface area (TPSA) is 36.4 Å². The minimum Gasteiger partial charge on any atom is -0.302 e. The fraction of sp³-hybridized carbons (Fsp3) is 0.417. The highest BCUT2D eigenvalue weighted by Gasteiger charge is 2.20. The number of para-hydroxylation sites is 1. The third-order valence-corrected chi connectivity index (χ3v) is 7.36. The molecule has 0 N–H and O–H groups in total. The molecule has 3 aromatic rings. The molecule has 0 radical (unpaired) electrons. The first-order valence-electron chi connectivity index (χ1n) is 10.7. The lowest BCUT2D eigenvalue weighted by Crippen LogP contribution is -2.38. The predicted octanol–water partition coefficient (Wildman–Crippen LogP) is 6.27. The zero-order chi connectivity index (χ0) is 21.3. The summed E-state index contributed by atoms with van der Waals surface area (Å²) in [6.07, 6.45) is 1.41. The van der Waals surface area contributed by atoms with Crippen molar-refractivity contribution in [1.29, 1.82) is 0 Å². The Morgan fingerprint density at radius 1 is 1.03 bits per heavy atom. The Morgan fingerprint density at radius 2 is 1.77 bits per heavy atom. The molecule has 3 rings (SSSR count). The van der Waals surface area contributed by atoms with Gasteiger partial charge < -0.3 is 4.90 Å². The highest BCUT2D eigenvalue weighted by Crippen LogP contribution is 2.31. The maximum absolute atomic E-state index is 13.2. The molecular weight excluding hydrogens is 446 g/mol. The van der Waals surface area contributed by atoms with Crippen LogP contribution in [0.25, 0.3) is 10.2 Å². The van der Waals surface area contributed by atoms with Gasteiger partial charge >= 0.3 is 0 Å². The van der Waals surface area contributed by atoms with Crippen LogP contribution >= 0.6 is 35.5 Å². The van der Waals surface area contributed by atoms with Crippen molar-refractivity contribution in [2.45, 2.75) is 38.5 Å². The van der Waals surface area contributed by atoms with Crippen LogP contribution in [0.15, 0.2) is 53.4 Å². The fourth-order valence-corrected chi connectivity index (χ4v) is 5.32. The van der Waals surface area contributed by atoms with E-state index >= 15 is 0 Å². The van der Waals surface area contributed by atoms with Gasteiger partial charge in [0.1, 0.15) is 0 Å². The third-order valence-electron chi connectivity index (χ3n) is 5.22. The second-order valence-electron chi connectivity index (χ2n) is 7.26. The minimum absolute atomic E-state index is 0. The summed E-state index contributed by atoms with van der Waals surface area (Å²) < 4.78 is 1.14. The Kier molecular flexibility index (Phi) is 10.8. The number of thiazole rings is 1. The van der Waals surface area contributed by atoms with E-state index in [0.29, 0.717) is 13.0 Å². The van der Waals surface area contributed by atoms with Crippen LogP contribution in [-0.2, 0) is 4.79 Å². The van der Waals surface area contributed by atoms with Crippen LogP contribution in [0.4, 0.5) is 5.13 Å².